The van der Waals surface area contributed by atoms with Crippen molar-refractivity contribution in [1.29, 1.82) is 0 Å². The van der Waals surface area contributed by atoms with Gasteiger partial charge < -0.3 is 15.1 Å². The van der Waals surface area contributed by atoms with Gasteiger partial charge in [-0.3, -0.25) is 4.79 Å². The van der Waals surface area contributed by atoms with Gasteiger partial charge in [0.1, 0.15) is 0 Å². The molecule has 2 aliphatic rings. The molecule has 0 saturated carbocycles. The van der Waals surface area contributed by atoms with E-state index in [4.69, 9.17) is 0 Å². The smallest absolute Gasteiger partial charge is 0.222 e. The molecular weight excluding hydrogens is 250 g/mol. The van der Waals surface area contributed by atoms with E-state index in [0.29, 0.717) is 11.8 Å². The van der Waals surface area contributed by atoms with Crippen molar-refractivity contribution < 1.29 is 4.79 Å². The molecule has 2 fully saturated rings. The SMILES string of the molecule is CCN(C)CC1CCN(C(=O)CCC2CCNCC2)C1. The van der Waals surface area contributed by atoms with Crippen LogP contribution in [0.25, 0.3) is 0 Å². The highest BCUT2D eigenvalue weighted by molar-refractivity contribution is 5.76. The fourth-order valence-corrected chi connectivity index (χ4v) is 3.43. The molecule has 0 aromatic carbocycles. The van der Waals surface area contributed by atoms with Gasteiger partial charge in [0.2, 0.25) is 5.91 Å². The molecule has 0 aromatic heterocycles. The lowest BCUT2D eigenvalue weighted by atomic mass is 9.93. The van der Waals surface area contributed by atoms with E-state index in [2.05, 4.69) is 29.1 Å². The summed E-state index contributed by atoms with van der Waals surface area (Å²) in [5.41, 5.74) is 0. The average Bonchev–Trinajstić information content (AvgIpc) is 2.94. The van der Waals surface area contributed by atoms with Crippen LogP contribution in [0.3, 0.4) is 0 Å². The molecule has 1 amide bonds. The summed E-state index contributed by atoms with van der Waals surface area (Å²) in [5, 5.41) is 3.39. The highest BCUT2D eigenvalue weighted by Crippen LogP contribution is 2.21. The van der Waals surface area contributed by atoms with Crippen LogP contribution in [0.15, 0.2) is 0 Å². The molecule has 116 valence electrons. The van der Waals surface area contributed by atoms with Gasteiger partial charge in [0.15, 0.2) is 0 Å². The molecule has 2 aliphatic heterocycles. The third-order valence-corrected chi connectivity index (χ3v) is 4.97. The number of hydrogen-bond donors (Lipinski definition) is 1. The van der Waals surface area contributed by atoms with Gasteiger partial charge in [-0.2, -0.15) is 0 Å². The zero-order valence-electron chi connectivity index (χ0n) is 13.2. The molecule has 0 aromatic rings. The van der Waals surface area contributed by atoms with Gasteiger partial charge >= 0.3 is 0 Å². The van der Waals surface area contributed by atoms with Crippen molar-refractivity contribution in [3.05, 3.63) is 0 Å². The van der Waals surface area contributed by atoms with Crippen molar-refractivity contribution in [3.63, 3.8) is 0 Å². The van der Waals surface area contributed by atoms with E-state index in [0.717, 1.165) is 58.0 Å². The van der Waals surface area contributed by atoms with E-state index in [-0.39, 0.29) is 0 Å². The normalized spacial score (nSPS) is 24.6. The van der Waals surface area contributed by atoms with Crippen LogP contribution in [0.1, 0.15) is 39.0 Å². The first-order chi connectivity index (χ1) is 9.69. The highest BCUT2D eigenvalue weighted by Gasteiger charge is 2.27. The summed E-state index contributed by atoms with van der Waals surface area (Å²) in [4.78, 5) is 16.7. The summed E-state index contributed by atoms with van der Waals surface area (Å²) in [7, 11) is 2.17. The molecule has 0 spiro atoms. The Morgan fingerprint density at radius 1 is 1.25 bits per heavy atom. The number of amides is 1. The number of piperidine rings is 1. The van der Waals surface area contributed by atoms with Crippen LogP contribution in [0.2, 0.25) is 0 Å². The van der Waals surface area contributed by atoms with Crippen LogP contribution in [0.5, 0.6) is 0 Å². The molecule has 1 N–H and O–H groups in total. The van der Waals surface area contributed by atoms with Gasteiger partial charge in [-0.15, -0.1) is 0 Å². The molecule has 4 heteroatoms. The first kappa shape index (κ1) is 15.8. The Hall–Kier alpha value is -0.610. The van der Waals surface area contributed by atoms with Crippen LogP contribution >= 0.6 is 0 Å². The van der Waals surface area contributed by atoms with Crippen molar-refractivity contribution >= 4 is 5.91 Å². The maximum Gasteiger partial charge on any atom is 0.222 e. The van der Waals surface area contributed by atoms with E-state index < -0.39 is 0 Å². The quantitative estimate of drug-likeness (QED) is 0.803. The van der Waals surface area contributed by atoms with E-state index in [1.54, 1.807) is 0 Å². The Morgan fingerprint density at radius 2 is 2.00 bits per heavy atom. The first-order valence-electron chi connectivity index (χ1n) is 8.36. The van der Waals surface area contributed by atoms with Gasteiger partial charge in [0.25, 0.3) is 0 Å². The minimum atomic E-state index is 0.394. The maximum absolute atomic E-state index is 12.3. The molecule has 0 radical (unpaired) electrons. The van der Waals surface area contributed by atoms with Gasteiger partial charge in [0.05, 0.1) is 0 Å². The zero-order valence-corrected chi connectivity index (χ0v) is 13.2. The van der Waals surface area contributed by atoms with E-state index >= 15 is 0 Å². The Labute approximate surface area is 123 Å². The molecule has 2 saturated heterocycles. The van der Waals surface area contributed by atoms with E-state index in [9.17, 15) is 4.79 Å². The average molecular weight is 281 g/mol. The summed E-state index contributed by atoms with van der Waals surface area (Å²) < 4.78 is 0. The van der Waals surface area contributed by atoms with Crippen LogP contribution in [0.4, 0.5) is 0 Å². The Bertz CT molecular complexity index is 302. The fraction of sp³-hybridized carbons (Fsp3) is 0.938. The Morgan fingerprint density at radius 3 is 2.70 bits per heavy atom. The molecule has 20 heavy (non-hydrogen) atoms. The second-order valence-electron chi connectivity index (χ2n) is 6.58. The van der Waals surface area contributed by atoms with Gasteiger partial charge in [-0.25, -0.2) is 0 Å². The lowest BCUT2D eigenvalue weighted by molar-refractivity contribution is -0.130. The number of likely N-dealkylation sites (tertiary alicyclic amines) is 1. The summed E-state index contributed by atoms with van der Waals surface area (Å²) in [6.45, 7) is 8.65. The maximum atomic E-state index is 12.3. The molecule has 1 atom stereocenters. The molecule has 1 unspecified atom stereocenters. The van der Waals surface area contributed by atoms with E-state index in [1.165, 1.54) is 19.3 Å². The monoisotopic (exact) mass is 281 g/mol. The third kappa shape index (κ3) is 4.74. The molecule has 2 rings (SSSR count). The van der Waals surface area contributed by atoms with Crippen molar-refractivity contribution in [2.45, 2.75) is 39.0 Å². The number of hydrogen-bond acceptors (Lipinski definition) is 3. The van der Waals surface area contributed by atoms with Crippen LogP contribution in [-0.2, 0) is 4.79 Å². The molecule has 0 bridgehead atoms. The van der Waals surface area contributed by atoms with Gasteiger partial charge in [0, 0.05) is 26.1 Å². The van der Waals surface area contributed by atoms with Gasteiger partial charge in [-0.05, 0) is 64.2 Å². The zero-order chi connectivity index (χ0) is 14.4. The predicted molar refractivity (Wildman–Crippen MR) is 82.7 cm³/mol. The largest absolute Gasteiger partial charge is 0.342 e. The summed E-state index contributed by atoms with van der Waals surface area (Å²) >= 11 is 0. The Kier molecular flexibility index (Phi) is 6.30. The van der Waals surface area contributed by atoms with Crippen LogP contribution in [-0.4, -0.2) is 62.0 Å². The second kappa shape index (κ2) is 7.99. The summed E-state index contributed by atoms with van der Waals surface area (Å²) in [5.74, 6) is 1.85. The number of rotatable bonds is 6. The third-order valence-electron chi connectivity index (χ3n) is 4.97. The van der Waals surface area contributed by atoms with Crippen molar-refractivity contribution in [2.24, 2.45) is 11.8 Å². The molecule has 2 heterocycles. The van der Waals surface area contributed by atoms with E-state index in [1.807, 2.05) is 0 Å². The van der Waals surface area contributed by atoms with Crippen LogP contribution in [0, 0.1) is 11.8 Å². The predicted octanol–water partition coefficient (Wildman–Crippen LogP) is 1.57. The van der Waals surface area contributed by atoms with Crippen LogP contribution < -0.4 is 5.32 Å². The van der Waals surface area contributed by atoms with Crippen molar-refractivity contribution in [2.75, 3.05) is 46.3 Å². The highest BCUT2D eigenvalue weighted by atomic mass is 16.2. The fourth-order valence-electron chi connectivity index (χ4n) is 3.43. The number of nitrogens with zero attached hydrogens (tertiary/aromatic N) is 2. The van der Waals surface area contributed by atoms with Crippen molar-refractivity contribution in [3.8, 4) is 0 Å². The number of carbonyl (C=O) groups is 1. The lowest BCUT2D eigenvalue weighted by Gasteiger charge is -2.24. The molecule has 0 aliphatic carbocycles. The summed E-state index contributed by atoms with van der Waals surface area (Å²) in [6.07, 6.45) is 5.54. The molecular formula is C16H31N3O. The van der Waals surface area contributed by atoms with Gasteiger partial charge in [-0.1, -0.05) is 6.92 Å². The lowest BCUT2D eigenvalue weighted by Crippen LogP contribution is -2.32. The number of carbonyl (C=O) groups excluding carboxylic acids is 1. The Balaban J connectivity index is 1.65. The minimum Gasteiger partial charge on any atom is -0.342 e. The summed E-state index contributed by atoms with van der Waals surface area (Å²) in [6, 6.07) is 0. The standard InChI is InChI=1S/C16H31N3O/c1-3-18(2)12-15-8-11-19(13-15)16(20)5-4-14-6-9-17-10-7-14/h14-15,17H,3-13H2,1-2H3. The van der Waals surface area contributed by atoms with Crippen molar-refractivity contribution in [1.82, 2.24) is 15.1 Å². The first-order valence-corrected chi connectivity index (χ1v) is 8.36. The number of nitrogens with one attached hydrogen (secondary N) is 1. The minimum absolute atomic E-state index is 0.394. The molecule has 4 nitrogen and oxygen atoms in total. The topological polar surface area (TPSA) is 35.6 Å². The second-order valence-corrected chi connectivity index (χ2v) is 6.58.